The summed E-state index contributed by atoms with van der Waals surface area (Å²) in [6.45, 7) is 11.4. The normalized spacial score (nSPS) is 11.7. The molecule has 0 fully saturated rings. The van der Waals surface area contributed by atoms with Gasteiger partial charge >= 0.3 is 0 Å². The molecule has 0 bridgehead atoms. The van der Waals surface area contributed by atoms with Crippen LogP contribution in [0.5, 0.6) is 0 Å². The Bertz CT molecular complexity index is 649. The minimum atomic E-state index is -0.188. The standard InChI is InChI=1S/C19H26N2O2/c1-13(2)10-11-20-18(22)16-12-17(23-21-16)14-6-8-15(9-7-14)19(3,4)5/h6-9,12-13H,10-11H2,1-5H3,(H,20,22). The zero-order chi connectivity index (χ0) is 17.0. The minimum Gasteiger partial charge on any atom is -0.355 e. The number of rotatable bonds is 5. The summed E-state index contributed by atoms with van der Waals surface area (Å²) < 4.78 is 5.31. The van der Waals surface area contributed by atoms with Crippen LogP contribution in [0.2, 0.25) is 0 Å². The van der Waals surface area contributed by atoms with Crippen molar-refractivity contribution in [3.8, 4) is 11.3 Å². The number of carbonyl (C=O) groups excluding carboxylic acids is 1. The molecule has 0 aliphatic carbocycles. The van der Waals surface area contributed by atoms with Gasteiger partial charge in [-0.25, -0.2) is 0 Å². The zero-order valence-corrected chi connectivity index (χ0v) is 14.6. The Morgan fingerprint density at radius 3 is 2.43 bits per heavy atom. The molecule has 0 saturated carbocycles. The van der Waals surface area contributed by atoms with E-state index in [0.717, 1.165) is 12.0 Å². The van der Waals surface area contributed by atoms with Crippen molar-refractivity contribution in [2.45, 2.75) is 46.5 Å². The molecular formula is C19H26N2O2. The molecule has 1 aromatic heterocycles. The Morgan fingerprint density at radius 2 is 1.87 bits per heavy atom. The Kier molecular flexibility index (Phi) is 5.24. The third-order valence-corrected chi connectivity index (χ3v) is 3.79. The third-order valence-electron chi connectivity index (χ3n) is 3.79. The molecule has 2 aromatic rings. The molecule has 23 heavy (non-hydrogen) atoms. The lowest BCUT2D eigenvalue weighted by Crippen LogP contribution is -2.25. The number of carbonyl (C=O) groups is 1. The van der Waals surface area contributed by atoms with Crippen molar-refractivity contribution in [1.29, 1.82) is 0 Å². The van der Waals surface area contributed by atoms with Gasteiger partial charge in [0.15, 0.2) is 11.5 Å². The highest BCUT2D eigenvalue weighted by Crippen LogP contribution is 2.26. The summed E-state index contributed by atoms with van der Waals surface area (Å²) in [4.78, 5) is 12.0. The lowest BCUT2D eigenvalue weighted by molar-refractivity contribution is 0.0943. The van der Waals surface area contributed by atoms with Crippen LogP contribution < -0.4 is 5.32 Å². The molecule has 4 heteroatoms. The summed E-state index contributed by atoms with van der Waals surface area (Å²) in [5, 5.41) is 6.74. The molecule has 0 radical (unpaired) electrons. The first-order valence-corrected chi connectivity index (χ1v) is 8.13. The van der Waals surface area contributed by atoms with Gasteiger partial charge in [-0.3, -0.25) is 4.79 Å². The molecule has 0 aliphatic rings. The monoisotopic (exact) mass is 314 g/mol. The van der Waals surface area contributed by atoms with Gasteiger partial charge in [0.05, 0.1) is 0 Å². The van der Waals surface area contributed by atoms with Gasteiger partial charge in [-0.2, -0.15) is 0 Å². The van der Waals surface area contributed by atoms with E-state index in [4.69, 9.17) is 4.52 Å². The maximum absolute atomic E-state index is 12.0. The molecule has 1 heterocycles. The fourth-order valence-corrected chi connectivity index (χ4v) is 2.22. The van der Waals surface area contributed by atoms with Crippen LogP contribution in [0.1, 0.15) is 57.1 Å². The van der Waals surface area contributed by atoms with E-state index in [0.29, 0.717) is 23.9 Å². The van der Waals surface area contributed by atoms with Crippen LogP contribution in [-0.2, 0) is 5.41 Å². The second-order valence-corrected chi connectivity index (χ2v) is 7.34. The van der Waals surface area contributed by atoms with Crippen molar-refractivity contribution in [3.63, 3.8) is 0 Å². The Balaban J connectivity index is 2.05. The number of aromatic nitrogens is 1. The summed E-state index contributed by atoms with van der Waals surface area (Å²) in [7, 11) is 0. The van der Waals surface area contributed by atoms with E-state index in [1.54, 1.807) is 6.07 Å². The summed E-state index contributed by atoms with van der Waals surface area (Å²) in [5.41, 5.74) is 2.62. The molecule has 1 aromatic carbocycles. The lowest BCUT2D eigenvalue weighted by Gasteiger charge is -2.18. The number of nitrogens with one attached hydrogen (secondary N) is 1. The van der Waals surface area contributed by atoms with Crippen molar-refractivity contribution >= 4 is 5.91 Å². The maximum Gasteiger partial charge on any atom is 0.273 e. The van der Waals surface area contributed by atoms with Crippen LogP contribution in [0.25, 0.3) is 11.3 Å². The molecule has 0 saturated heterocycles. The molecular weight excluding hydrogens is 288 g/mol. The van der Waals surface area contributed by atoms with Gasteiger partial charge < -0.3 is 9.84 Å². The van der Waals surface area contributed by atoms with E-state index in [9.17, 15) is 4.79 Å². The fourth-order valence-electron chi connectivity index (χ4n) is 2.22. The van der Waals surface area contributed by atoms with Crippen LogP contribution in [-0.4, -0.2) is 17.6 Å². The third kappa shape index (κ3) is 4.68. The van der Waals surface area contributed by atoms with E-state index in [1.807, 2.05) is 12.1 Å². The summed E-state index contributed by atoms with van der Waals surface area (Å²) >= 11 is 0. The van der Waals surface area contributed by atoms with Gasteiger partial charge in [-0.05, 0) is 23.3 Å². The lowest BCUT2D eigenvalue weighted by atomic mass is 9.86. The zero-order valence-electron chi connectivity index (χ0n) is 14.6. The van der Waals surface area contributed by atoms with Gasteiger partial charge in [0, 0.05) is 18.2 Å². The summed E-state index contributed by atoms with van der Waals surface area (Å²) in [6, 6.07) is 9.86. The minimum absolute atomic E-state index is 0.113. The van der Waals surface area contributed by atoms with Gasteiger partial charge in [-0.15, -0.1) is 0 Å². The van der Waals surface area contributed by atoms with Crippen molar-refractivity contribution in [2.75, 3.05) is 6.54 Å². The van der Waals surface area contributed by atoms with Gasteiger partial charge in [0.25, 0.3) is 5.91 Å². The van der Waals surface area contributed by atoms with Crippen molar-refractivity contribution < 1.29 is 9.32 Å². The maximum atomic E-state index is 12.0. The molecule has 1 amide bonds. The highest BCUT2D eigenvalue weighted by molar-refractivity contribution is 5.93. The molecule has 124 valence electrons. The van der Waals surface area contributed by atoms with Crippen LogP contribution in [0.15, 0.2) is 34.9 Å². The fraction of sp³-hybridized carbons (Fsp3) is 0.474. The van der Waals surface area contributed by atoms with E-state index in [1.165, 1.54) is 5.56 Å². The number of hydrogen-bond acceptors (Lipinski definition) is 3. The number of amides is 1. The van der Waals surface area contributed by atoms with Crippen LogP contribution >= 0.6 is 0 Å². The SMILES string of the molecule is CC(C)CCNC(=O)c1cc(-c2ccc(C(C)(C)C)cc2)on1. The van der Waals surface area contributed by atoms with Crippen LogP contribution in [0.4, 0.5) is 0 Å². The quantitative estimate of drug-likeness (QED) is 0.889. The van der Waals surface area contributed by atoms with Crippen molar-refractivity contribution in [2.24, 2.45) is 5.92 Å². The first-order valence-electron chi connectivity index (χ1n) is 8.13. The molecule has 4 nitrogen and oxygen atoms in total. The predicted octanol–water partition coefficient (Wildman–Crippen LogP) is 4.42. The Labute approximate surface area is 138 Å². The van der Waals surface area contributed by atoms with E-state index in [2.05, 4.69) is 57.2 Å². The highest BCUT2D eigenvalue weighted by Gasteiger charge is 2.16. The van der Waals surface area contributed by atoms with Crippen LogP contribution in [0, 0.1) is 5.92 Å². The summed E-state index contributed by atoms with van der Waals surface area (Å²) in [6.07, 6.45) is 0.949. The average molecular weight is 314 g/mol. The second-order valence-electron chi connectivity index (χ2n) is 7.34. The van der Waals surface area contributed by atoms with Gasteiger partial charge in [0.2, 0.25) is 0 Å². The summed E-state index contributed by atoms with van der Waals surface area (Å²) in [5.74, 6) is 0.982. The largest absolute Gasteiger partial charge is 0.355 e. The number of benzene rings is 1. The van der Waals surface area contributed by atoms with E-state index >= 15 is 0 Å². The van der Waals surface area contributed by atoms with Crippen molar-refractivity contribution in [1.82, 2.24) is 10.5 Å². The van der Waals surface area contributed by atoms with Gasteiger partial charge in [0.1, 0.15) is 0 Å². The highest BCUT2D eigenvalue weighted by atomic mass is 16.5. The topological polar surface area (TPSA) is 55.1 Å². The second kappa shape index (κ2) is 6.99. The molecule has 0 aliphatic heterocycles. The van der Waals surface area contributed by atoms with E-state index in [-0.39, 0.29) is 11.3 Å². The first kappa shape index (κ1) is 17.3. The van der Waals surface area contributed by atoms with Gasteiger partial charge in [-0.1, -0.05) is 64.0 Å². The van der Waals surface area contributed by atoms with E-state index < -0.39 is 0 Å². The number of nitrogens with zero attached hydrogens (tertiary/aromatic N) is 1. The molecule has 0 spiro atoms. The van der Waals surface area contributed by atoms with Crippen molar-refractivity contribution in [3.05, 3.63) is 41.6 Å². The number of hydrogen-bond donors (Lipinski definition) is 1. The average Bonchev–Trinajstić information content (AvgIpc) is 2.96. The molecule has 0 unspecified atom stereocenters. The predicted molar refractivity (Wildman–Crippen MR) is 92.4 cm³/mol. The van der Waals surface area contributed by atoms with Crippen LogP contribution in [0.3, 0.4) is 0 Å². The molecule has 0 atom stereocenters. The smallest absolute Gasteiger partial charge is 0.273 e. The molecule has 1 N–H and O–H groups in total. The Morgan fingerprint density at radius 1 is 1.22 bits per heavy atom. The molecule has 2 rings (SSSR count). The Hall–Kier alpha value is -2.10. The first-order chi connectivity index (χ1) is 10.8.